The maximum absolute atomic E-state index is 11.7. The van der Waals surface area contributed by atoms with Gasteiger partial charge in [-0.25, -0.2) is 0 Å². The largest absolute Gasteiger partial charge is 0.351 e. The van der Waals surface area contributed by atoms with E-state index in [-0.39, 0.29) is 5.91 Å². The Balaban J connectivity index is 2.84. The number of aryl methyl sites for hydroxylation is 1. The molecule has 0 aliphatic rings. The first-order chi connectivity index (χ1) is 6.66. The van der Waals surface area contributed by atoms with Crippen molar-refractivity contribution in [3.05, 3.63) is 34.9 Å². The van der Waals surface area contributed by atoms with E-state index < -0.39 is 0 Å². The summed E-state index contributed by atoms with van der Waals surface area (Å²) < 4.78 is 0.939. The summed E-state index contributed by atoms with van der Waals surface area (Å²) in [4.78, 5) is 11.7. The Kier molecular flexibility index (Phi) is 4.38. The van der Waals surface area contributed by atoms with E-state index in [9.17, 15) is 4.79 Å². The number of rotatable bonds is 3. The van der Waals surface area contributed by atoms with Crippen molar-refractivity contribution in [1.29, 1.82) is 0 Å². The van der Waals surface area contributed by atoms with Gasteiger partial charge in [-0.1, -0.05) is 34.7 Å². The van der Waals surface area contributed by atoms with Gasteiger partial charge in [-0.3, -0.25) is 4.79 Å². The molecule has 3 heteroatoms. The molecule has 0 atom stereocenters. The summed E-state index contributed by atoms with van der Waals surface area (Å²) in [7, 11) is 0. The number of halogens is 1. The predicted octanol–water partition coefficient (Wildman–Crippen LogP) is 2.47. The third kappa shape index (κ3) is 2.70. The van der Waals surface area contributed by atoms with Crippen molar-refractivity contribution in [2.24, 2.45) is 0 Å². The normalized spacial score (nSPS) is 9.93. The molecule has 76 valence electrons. The lowest BCUT2D eigenvalue weighted by Crippen LogP contribution is -2.25. The molecular weight excluding hydrogens is 289 g/mol. The lowest BCUT2D eigenvalue weighted by atomic mass is 10.0. The fraction of sp³-hybridized carbons (Fsp3) is 0.364. The van der Waals surface area contributed by atoms with Gasteiger partial charge in [0.25, 0.3) is 5.91 Å². The van der Waals surface area contributed by atoms with Gasteiger partial charge in [-0.2, -0.15) is 0 Å². The zero-order valence-electron chi connectivity index (χ0n) is 8.43. The van der Waals surface area contributed by atoms with Gasteiger partial charge >= 0.3 is 0 Å². The maximum Gasteiger partial charge on any atom is 0.251 e. The molecule has 0 fully saturated rings. The molecule has 0 aliphatic heterocycles. The molecule has 0 heterocycles. The van der Waals surface area contributed by atoms with Crippen LogP contribution >= 0.6 is 22.6 Å². The SMILES string of the molecule is Cc1cccc(C(=O)NCCI)c1C. The second-order valence-electron chi connectivity index (χ2n) is 3.19. The number of hydrogen-bond acceptors (Lipinski definition) is 1. The van der Waals surface area contributed by atoms with Crippen molar-refractivity contribution < 1.29 is 4.79 Å². The van der Waals surface area contributed by atoms with Crippen LogP contribution in [0.5, 0.6) is 0 Å². The Labute approximate surface area is 98.2 Å². The molecule has 0 bridgehead atoms. The fourth-order valence-corrected chi connectivity index (χ4v) is 1.52. The standard InChI is InChI=1S/C11H14INO/c1-8-4-3-5-10(9(8)2)11(14)13-7-6-12/h3-5H,6-7H2,1-2H3,(H,13,14). The first-order valence-electron chi connectivity index (χ1n) is 4.57. The topological polar surface area (TPSA) is 29.1 Å². The van der Waals surface area contributed by atoms with Crippen LogP contribution in [0.15, 0.2) is 18.2 Å². The van der Waals surface area contributed by atoms with E-state index in [1.54, 1.807) is 0 Å². The Morgan fingerprint density at radius 1 is 1.43 bits per heavy atom. The van der Waals surface area contributed by atoms with Crippen molar-refractivity contribution in [3.63, 3.8) is 0 Å². The highest BCUT2D eigenvalue weighted by atomic mass is 127. The van der Waals surface area contributed by atoms with Crippen molar-refractivity contribution >= 4 is 28.5 Å². The lowest BCUT2D eigenvalue weighted by molar-refractivity contribution is 0.0955. The van der Waals surface area contributed by atoms with Crippen LogP contribution in [0, 0.1) is 13.8 Å². The average Bonchev–Trinajstić information content (AvgIpc) is 2.18. The molecule has 0 unspecified atom stereocenters. The number of alkyl halides is 1. The van der Waals surface area contributed by atoms with Gasteiger partial charge in [0.05, 0.1) is 0 Å². The molecule has 0 aliphatic carbocycles. The Hall–Kier alpha value is -0.580. The van der Waals surface area contributed by atoms with Crippen LogP contribution in [0.2, 0.25) is 0 Å². The van der Waals surface area contributed by atoms with E-state index in [0.29, 0.717) is 0 Å². The Bertz CT molecular complexity index is 336. The molecule has 0 saturated heterocycles. The maximum atomic E-state index is 11.7. The Morgan fingerprint density at radius 2 is 2.14 bits per heavy atom. The zero-order chi connectivity index (χ0) is 10.6. The number of nitrogens with one attached hydrogen (secondary N) is 1. The number of hydrogen-bond donors (Lipinski definition) is 1. The highest BCUT2D eigenvalue weighted by Gasteiger charge is 2.08. The van der Waals surface area contributed by atoms with Crippen LogP contribution in [0.3, 0.4) is 0 Å². The third-order valence-electron chi connectivity index (χ3n) is 2.23. The minimum absolute atomic E-state index is 0.0304. The molecule has 1 rings (SSSR count). The van der Waals surface area contributed by atoms with Crippen molar-refractivity contribution in [3.8, 4) is 0 Å². The van der Waals surface area contributed by atoms with Crippen molar-refractivity contribution in [2.75, 3.05) is 11.0 Å². The van der Waals surface area contributed by atoms with Gasteiger partial charge in [0.1, 0.15) is 0 Å². The van der Waals surface area contributed by atoms with E-state index in [4.69, 9.17) is 0 Å². The summed E-state index contributed by atoms with van der Waals surface area (Å²) in [6.45, 7) is 4.73. The van der Waals surface area contributed by atoms with Crippen LogP contribution < -0.4 is 5.32 Å². The predicted molar refractivity (Wildman–Crippen MR) is 67.1 cm³/mol. The van der Waals surface area contributed by atoms with Gasteiger partial charge in [-0.05, 0) is 31.0 Å². The molecule has 0 radical (unpaired) electrons. The summed E-state index contributed by atoms with van der Waals surface area (Å²) in [6, 6.07) is 5.80. The number of carbonyl (C=O) groups is 1. The Morgan fingerprint density at radius 3 is 2.79 bits per heavy atom. The minimum Gasteiger partial charge on any atom is -0.351 e. The van der Waals surface area contributed by atoms with Crippen molar-refractivity contribution in [2.45, 2.75) is 13.8 Å². The van der Waals surface area contributed by atoms with Crippen molar-refractivity contribution in [1.82, 2.24) is 5.32 Å². The average molecular weight is 303 g/mol. The molecule has 14 heavy (non-hydrogen) atoms. The molecule has 0 aromatic heterocycles. The summed E-state index contributed by atoms with van der Waals surface area (Å²) in [5, 5.41) is 2.87. The quantitative estimate of drug-likeness (QED) is 0.674. The van der Waals surface area contributed by atoms with Crippen LogP contribution in [0.4, 0.5) is 0 Å². The molecule has 1 aromatic carbocycles. The minimum atomic E-state index is 0.0304. The third-order valence-corrected chi connectivity index (χ3v) is 2.77. The van der Waals surface area contributed by atoms with Gasteiger partial charge in [0, 0.05) is 16.5 Å². The second-order valence-corrected chi connectivity index (χ2v) is 4.27. The van der Waals surface area contributed by atoms with Crippen LogP contribution in [-0.4, -0.2) is 16.9 Å². The van der Waals surface area contributed by atoms with Crippen LogP contribution in [-0.2, 0) is 0 Å². The van der Waals surface area contributed by atoms with E-state index in [0.717, 1.165) is 27.7 Å². The highest BCUT2D eigenvalue weighted by molar-refractivity contribution is 14.1. The number of carbonyl (C=O) groups excluding carboxylic acids is 1. The highest BCUT2D eigenvalue weighted by Crippen LogP contribution is 2.12. The van der Waals surface area contributed by atoms with Crippen LogP contribution in [0.1, 0.15) is 21.5 Å². The van der Waals surface area contributed by atoms with Crippen LogP contribution in [0.25, 0.3) is 0 Å². The smallest absolute Gasteiger partial charge is 0.251 e. The second kappa shape index (κ2) is 5.34. The van der Waals surface area contributed by atoms with Gasteiger partial charge in [-0.15, -0.1) is 0 Å². The molecule has 0 saturated carbocycles. The number of amides is 1. The molecular formula is C11H14INO. The molecule has 1 amide bonds. The summed E-state index contributed by atoms with van der Waals surface area (Å²) in [6.07, 6.45) is 0. The summed E-state index contributed by atoms with van der Waals surface area (Å²) in [5.41, 5.74) is 3.01. The fourth-order valence-electron chi connectivity index (χ4n) is 1.25. The van der Waals surface area contributed by atoms with E-state index in [1.807, 2.05) is 32.0 Å². The molecule has 2 nitrogen and oxygen atoms in total. The monoisotopic (exact) mass is 303 g/mol. The summed E-state index contributed by atoms with van der Waals surface area (Å²) >= 11 is 2.24. The van der Waals surface area contributed by atoms with Gasteiger partial charge < -0.3 is 5.32 Å². The first-order valence-corrected chi connectivity index (χ1v) is 6.09. The lowest BCUT2D eigenvalue weighted by Gasteiger charge is -2.08. The molecule has 1 N–H and O–H groups in total. The molecule has 1 aromatic rings. The molecule has 0 spiro atoms. The summed E-state index contributed by atoms with van der Waals surface area (Å²) in [5.74, 6) is 0.0304. The van der Waals surface area contributed by atoms with Gasteiger partial charge in [0.15, 0.2) is 0 Å². The zero-order valence-corrected chi connectivity index (χ0v) is 10.6. The first kappa shape index (κ1) is 11.5. The van der Waals surface area contributed by atoms with E-state index >= 15 is 0 Å². The van der Waals surface area contributed by atoms with E-state index in [1.165, 1.54) is 0 Å². The van der Waals surface area contributed by atoms with E-state index in [2.05, 4.69) is 27.9 Å². The van der Waals surface area contributed by atoms with Gasteiger partial charge in [0.2, 0.25) is 0 Å². The number of benzene rings is 1.